The zero-order valence-corrected chi connectivity index (χ0v) is 18.5. The van der Waals surface area contributed by atoms with Crippen LogP contribution in [0.5, 0.6) is 0 Å². The molecule has 2 aromatic carbocycles. The van der Waals surface area contributed by atoms with Gasteiger partial charge in [0.25, 0.3) is 5.91 Å². The van der Waals surface area contributed by atoms with Crippen LogP contribution < -0.4 is 0 Å². The molecule has 166 valence electrons. The third-order valence-electron chi connectivity index (χ3n) is 6.02. The Bertz CT molecular complexity index is 1180. The van der Waals surface area contributed by atoms with Gasteiger partial charge >= 0.3 is 0 Å². The summed E-state index contributed by atoms with van der Waals surface area (Å²) in [6, 6.07) is 24.2. The minimum absolute atomic E-state index is 0.0502. The van der Waals surface area contributed by atoms with Crippen LogP contribution in [0.25, 0.3) is 11.3 Å². The van der Waals surface area contributed by atoms with Crippen LogP contribution in [0.4, 0.5) is 0 Å². The van der Waals surface area contributed by atoms with E-state index in [1.54, 1.807) is 6.20 Å². The third-order valence-corrected chi connectivity index (χ3v) is 6.02. The van der Waals surface area contributed by atoms with Gasteiger partial charge in [-0.15, -0.1) is 0 Å². The summed E-state index contributed by atoms with van der Waals surface area (Å²) in [7, 11) is 0. The van der Waals surface area contributed by atoms with Gasteiger partial charge in [-0.25, -0.2) is 0 Å². The molecule has 1 aliphatic rings. The van der Waals surface area contributed by atoms with Gasteiger partial charge in [0.15, 0.2) is 0 Å². The molecule has 0 bridgehead atoms. The maximum Gasteiger partial charge on any atom is 0.257 e. The Morgan fingerprint density at radius 3 is 2.18 bits per heavy atom. The van der Waals surface area contributed by atoms with E-state index in [2.05, 4.69) is 28.1 Å². The lowest BCUT2D eigenvalue weighted by atomic mass is 10.1. The number of amides is 1. The van der Waals surface area contributed by atoms with Crippen LogP contribution in [0.1, 0.15) is 21.5 Å². The van der Waals surface area contributed by atoms with Crippen molar-refractivity contribution in [3.8, 4) is 11.3 Å². The summed E-state index contributed by atoms with van der Waals surface area (Å²) >= 11 is 0. The smallest absolute Gasteiger partial charge is 0.257 e. The summed E-state index contributed by atoms with van der Waals surface area (Å²) in [5.74, 6) is 0.0502. The Kier molecular flexibility index (Phi) is 6.26. The summed E-state index contributed by atoms with van der Waals surface area (Å²) in [4.78, 5) is 22.1. The number of pyridine rings is 1. The monoisotopic (exact) mass is 437 g/mol. The van der Waals surface area contributed by atoms with Gasteiger partial charge in [-0.1, -0.05) is 66.7 Å². The first kappa shape index (κ1) is 21.1. The minimum Gasteiger partial charge on any atom is -0.336 e. The second kappa shape index (κ2) is 9.79. The quantitative estimate of drug-likeness (QED) is 0.458. The maximum atomic E-state index is 13.6. The molecule has 6 heteroatoms. The van der Waals surface area contributed by atoms with Crippen molar-refractivity contribution >= 4 is 5.91 Å². The average Bonchev–Trinajstić information content (AvgIpc) is 3.29. The highest BCUT2D eigenvalue weighted by Gasteiger charge is 2.26. The summed E-state index contributed by atoms with van der Waals surface area (Å²) in [5, 5.41) is 4.81. The molecular weight excluding hydrogens is 410 g/mol. The van der Waals surface area contributed by atoms with Crippen molar-refractivity contribution in [1.29, 1.82) is 0 Å². The number of rotatable bonds is 6. The number of piperazine rings is 1. The summed E-state index contributed by atoms with van der Waals surface area (Å²) in [6.07, 6.45) is 5.60. The molecule has 2 aromatic heterocycles. The third kappa shape index (κ3) is 5.02. The first-order valence-electron chi connectivity index (χ1n) is 11.3. The minimum atomic E-state index is 0.0502. The molecule has 1 aliphatic heterocycles. The molecule has 0 aliphatic carbocycles. The Labute approximate surface area is 194 Å². The van der Waals surface area contributed by atoms with E-state index >= 15 is 0 Å². The zero-order valence-electron chi connectivity index (χ0n) is 18.5. The van der Waals surface area contributed by atoms with Gasteiger partial charge in [0.2, 0.25) is 0 Å². The van der Waals surface area contributed by atoms with Crippen LogP contribution in [-0.2, 0) is 13.1 Å². The highest BCUT2D eigenvalue weighted by Crippen LogP contribution is 2.24. The van der Waals surface area contributed by atoms with E-state index in [9.17, 15) is 4.79 Å². The molecule has 0 unspecified atom stereocenters. The van der Waals surface area contributed by atoms with Gasteiger partial charge < -0.3 is 4.90 Å². The highest BCUT2D eigenvalue weighted by atomic mass is 16.2. The number of carbonyl (C=O) groups excluding carboxylic acids is 1. The van der Waals surface area contributed by atoms with E-state index in [-0.39, 0.29) is 5.91 Å². The van der Waals surface area contributed by atoms with Crippen molar-refractivity contribution < 1.29 is 4.79 Å². The predicted molar refractivity (Wildman–Crippen MR) is 129 cm³/mol. The molecule has 6 nitrogen and oxygen atoms in total. The number of benzene rings is 2. The summed E-state index contributed by atoms with van der Waals surface area (Å²) < 4.78 is 1.88. The summed E-state index contributed by atoms with van der Waals surface area (Å²) in [5.41, 5.74) is 4.73. The van der Waals surface area contributed by atoms with E-state index in [0.29, 0.717) is 25.2 Å². The van der Waals surface area contributed by atoms with Gasteiger partial charge in [-0.2, -0.15) is 5.10 Å². The molecule has 5 rings (SSSR count). The maximum absolute atomic E-state index is 13.6. The molecule has 1 amide bonds. The lowest BCUT2D eigenvalue weighted by Gasteiger charge is -2.34. The SMILES string of the molecule is O=C(c1cn(Cc2ccccc2)nc1-c1ccccc1)N1CCN(Cc2cccnc2)CC1. The topological polar surface area (TPSA) is 54.3 Å². The van der Waals surface area contributed by atoms with Crippen LogP contribution in [-0.4, -0.2) is 56.7 Å². The van der Waals surface area contributed by atoms with Crippen molar-refractivity contribution in [3.63, 3.8) is 0 Å². The van der Waals surface area contributed by atoms with Gasteiger partial charge in [0, 0.05) is 56.9 Å². The van der Waals surface area contributed by atoms with Crippen molar-refractivity contribution in [1.82, 2.24) is 24.6 Å². The number of nitrogens with zero attached hydrogens (tertiary/aromatic N) is 5. The van der Waals surface area contributed by atoms with Crippen molar-refractivity contribution in [2.45, 2.75) is 13.1 Å². The molecule has 0 spiro atoms. The molecule has 0 atom stereocenters. The predicted octanol–water partition coefficient (Wildman–Crippen LogP) is 3.95. The molecule has 0 radical (unpaired) electrons. The van der Waals surface area contributed by atoms with Crippen LogP contribution in [0.2, 0.25) is 0 Å². The second-order valence-electron chi connectivity index (χ2n) is 8.37. The average molecular weight is 438 g/mol. The van der Waals surface area contributed by atoms with Crippen LogP contribution in [0.3, 0.4) is 0 Å². The van der Waals surface area contributed by atoms with Crippen molar-refractivity contribution in [2.24, 2.45) is 0 Å². The molecule has 0 saturated carbocycles. The van der Waals surface area contributed by atoms with Gasteiger partial charge in [-0.3, -0.25) is 19.4 Å². The van der Waals surface area contributed by atoms with E-state index in [4.69, 9.17) is 5.10 Å². The van der Waals surface area contributed by atoms with E-state index in [1.807, 2.05) is 76.6 Å². The molecule has 0 N–H and O–H groups in total. The lowest BCUT2D eigenvalue weighted by molar-refractivity contribution is 0.0629. The number of hydrogen-bond acceptors (Lipinski definition) is 4. The number of carbonyl (C=O) groups is 1. The van der Waals surface area contributed by atoms with Gasteiger partial charge in [-0.05, 0) is 17.2 Å². The standard InChI is InChI=1S/C27H27N5O/c33-27(31-16-14-30(15-17-31)19-23-10-7-13-28-18-23)25-21-32(20-22-8-3-1-4-9-22)29-26(25)24-11-5-2-6-12-24/h1-13,18,21H,14-17,19-20H2. The Hall–Kier alpha value is -3.77. The van der Waals surface area contributed by atoms with E-state index in [1.165, 1.54) is 5.56 Å². The fourth-order valence-electron chi connectivity index (χ4n) is 4.27. The van der Waals surface area contributed by atoms with Gasteiger partial charge in [0.1, 0.15) is 5.69 Å². The highest BCUT2D eigenvalue weighted by molar-refractivity contribution is 5.99. The van der Waals surface area contributed by atoms with E-state index in [0.717, 1.165) is 36.5 Å². The zero-order chi connectivity index (χ0) is 22.5. The normalized spacial score (nSPS) is 14.4. The Morgan fingerprint density at radius 2 is 1.48 bits per heavy atom. The second-order valence-corrected chi connectivity index (χ2v) is 8.37. The van der Waals surface area contributed by atoms with Crippen molar-refractivity contribution in [2.75, 3.05) is 26.2 Å². The number of aromatic nitrogens is 3. The van der Waals surface area contributed by atoms with Crippen molar-refractivity contribution in [3.05, 3.63) is 108 Å². The first-order chi connectivity index (χ1) is 16.3. The van der Waals surface area contributed by atoms with E-state index < -0.39 is 0 Å². The number of hydrogen-bond donors (Lipinski definition) is 0. The molecule has 1 fully saturated rings. The van der Waals surface area contributed by atoms with Gasteiger partial charge in [0.05, 0.1) is 12.1 Å². The molecule has 33 heavy (non-hydrogen) atoms. The van der Waals surface area contributed by atoms with Crippen LogP contribution >= 0.6 is 0 Å². The molecule has 3 heterocycles. The summed E-state index contributed by atoms with van der Waals surface area (Å²) in [6.45, 7) is 4.60. The van der Waals surface area contributed by atoms with Crippen LogP contribution in [0.15, 0.2) is 91.4 Å². The van der Waals surface area contributed by atoms with Crippen LogP contribution in [0, 0.1) is 0 Å². The Morgan fingerprint density at radius 1 is 0.788 bits per heavy atom. The molecular formula is C27H27N5O. The largest absolute Gasteiger partial charge is 0.336 e. The molecule has 1 saturated heterocycles. The fraction of sp³-hybridized carbons (Fsp3) is 0.222. The Balaban J connectivity index is 1.33. The first-order valence-corrected chi connectivity index (χ1v) is 11.3. The molecule has 4 aromatic rings. The lowest BCUT2D eigenvalue weighted by Crippen LogP contribution is -2.48. The fourth-order valence-corrected chi connectivity index (χ4v) is 4.27.